The highest BCUT2D eigenvalue weighted by molar-refractivity contribution is 7.59. The molecule has 0 aromatic heterocycles. The van der Waals surface area contributed by atoms with Gasteiger partial charge in [0.05, 0.1) is 13.2 Å². The van der Waals surface area contributed by atoms with Gasteiger partial charge in [-0.3, -0.25) is 4.57 Å². The van der Waals surface area contributed by atoms with E-state index in [0.717, 1.165) is 0 Å². The van der Waals surface area contributed by atoms with E-state index in [2.05, 4.69) is 0 Å². The summed E-state index contributed by atoms with van der Waals surface area (Å²) in [5.74, 6) is 0. The van der Waals surface area contributed by atoms with Crippen LogP contribution in [0.4, 0.5) is 0 Å². The number of halogens is 1. The van der Waals surface area contributed by atoms with Crippen LogP contribution in [0.5, 0.6) is 0 Å². The Hall–Kier alpha value is -1.11. The summed E-state index contributed by atoms with van der Waals surface area (Å²) in [6.45, 7) is 3.79. The number of hydrogen-bond acceptors (Lipinski definition) is 4. The summed E-state index contributed by atoms with van der Waals surface area (Å²) in [7, 11) is -3.55. The topological polar surface area (TPSA) is 59.3 Å². The van der Waals surface area contributed by atoms with Crippen molar-refractivity contribution >= 4 is 25.3 Å². The maximum absolute atomic E-state index is 12.5. The lowest BCUT2D eigenvalue weighted by Crippen LogP contribution is -1.97. The first-order valence-electron chi connectivity index (χ1n) is 5.82. The van der Waals surface area contributed by atoms with Crippen molar-refractivity contribution in [3.63, 3.8) is 0 Å². The predicted octanol–water partition coefficient (Wildman–Crippen LogP) is 4.47. The van der Waals surface area contributed by atoms with Crippen molar-refractivity contribution in [3.05, 3.63) is 40.2 Å². The number of nitrogens with zero attached hydrogens (tertiary/aromatic N) is 1. The Kier molecular flexibility index (Phi) is 6.27. The molecule has 102 valence electrons. The van der Waals surface area contributed by atoms with Crippen molar-refractivity contribution in [2.24, 2.45) is 0 Å². The van der Waals surface area contributed by atoms with Gasteiger partial charge in [-0.1, -0.05) is 23.7 Å². The maximum Gasteiger partial charge on any atom is 0.371 e. The fourth-order valence-electron chi connectivity index (χ4n) is 1.44. The van der Waals surface area contributed by atoms with Gasteiger partial charge in [0.2, 0.25) is 0 Å². The van der Waals surface area contributed by atoms with Crippen molar-refractivity contribution in [2.45, 2.75) is 13.8 Å². The number of rotatable bonds is 6. The summed E-state index contributed by atoms with van der Waals surface area (Å²) in [4.78, 5) is 0. The van der Waals surface area contributed by atoms with Crippen LogP contribution in [0.1, 0.15) is 19.4 Å². The molecular weight excluding hydrogens is 285 g/mol. The Morgan fingerprint density at radius 1 is 1.42 bits per heavy atom. The molecule has 19 heavy (non-hydrogen) atoms. The second kappa shape index (κ2) is 7.47. The van der Waals surface area contributed by atoms with Gasteiger partial charge in [0.1, 0.15) is 11.4 Å². The number of hydrogen-bond donors (Lipinski definition) is 0. The van der Waals surface area contributed by atoms with Gasteiger partial charge in [0.25, 0.3) is 0 Å². The second-order valence-corrected chi connectivity index (χ2v) is 5.96. The quantitative estimate of drug-likeness (QED) is 0.574. The summed E-state index contributed by atoms with van der Waals surface area (Å²) in [5, 5.41) is 9.67. The van der Waals surface area contributed by atoms with Crippen LogP contribution in [0.3, 0.4) is 0 Å². The molecule has 0 aliphatic heterocycles. The third-order valence-electron chi connectivity index (χ3n) is 2.16. The molecule has 0 aliphatic rings. The molecule has 1 rings (SSSR count). The average Bonchev–Trinajstić information content (AvgIpc) is 2.36. The second-order valence-electron chi connectivity index (χ2n) is 3.53. The van der Waals surface area contributed by atoms with Crippen LogP contribution in [0.25, 0.3) is 6.08 Å². The third-order valence-corrected chi connectivity index (χ3v) is 4.41. The molecule has 0 heterocycles. The zero-order chi connectivity index (χ0) is 14.3. The lowest BCUT2D eigenvalue weighted by Gasteiger charge is -2.15. The molecule has 0 radical (unpaired) electrons. The Morgan fingerprint density at radius 2 is 2.05 bits per heavy atom. The molecule has 0 amide bonds. The Labute approximate surface area is 118 Å². The van der Waals surface area contributed by atoms with Crippen molar-refractivity contribution in [1.82, 2.24) is 0 Å². The van der Waals surface area contributed by atoms with E-state index in [1.807, 2.05) is 6.07 Å². The number of allylic oxidation sites excluding steroid dienone is 1. The summed E-state index contributed by atoms with van der Waals surface area (Å²) in [5.41, 5.74) is 0.670. The van der Waals surface area contributed by atoms with Gasteiger partial charge in [0.15, 0.2) is 0 Å². The molecular formula is C13H15ClNO3P. The summed E-state index contributed by atoms with van der Waals surface area (Å²) in [6, 6.07) is 8.77. The predicted molar refractivity (Wildman–Crippen MR) is 75.9 cm³/mol. The molecule has 0 saturated carbocycles. The monoisotopic (exact) mass is 299 g/mol. The summed E-state index contributed by atoms with van der Waals surface area (Å²) < 4.78 is 22.7. The number of nitriles is 1. The Bertz CT molecular complexity index is 541. The molecule has 1 aromatic carbocycles. The molecule has 0 N–H and O–H groups in total. The first-order valence-corrected chi connectivity index (χ1v) is 7.74. The molecule has 0 saturated heterocycles. The minimum atomic E-state index is -3.55. The lowest BCUT2D eigenvalue weighted by atomic mass is 10.2. The van der Waals surface area contributed by atoms with Gasteiger partial charge in [-0.15, -0.1) is 0 Å². The van der Waals surface area contributed by atoms with Gasteiger partial charge in [-0.2, -0.15) is 5.26 Å². The first-order chi connectivity index (χ1) is 9.05. The highest BCUT2D eigenvalue weighted by atomic mass is 35.5. The van der Waals surface area contributed by atoms with E-state index >= 15 is 0 Å². The molecule has 0 bridgehead atoms. The van der Waals surface area contributed by atoms with Crippen LogP contribution in [0.2, 0.25) is 5.02 Å². The van der Waals surface area contributed by atoms with Crippen molar-refractivity contribution in [1.29, 1.82) is 5.26 Å². The van der Waals surface area contributed by atoms with Gasteiger partial charge >= 0.3 is 7.60 Å². The average molecular weight is 300 g/mol. The molecule has 0 unspecified atom stereocenters. The van der Waals surface area contributed by atoms with E-state index in [0.29, 0.717) is 10.6 Å². The van der Waals surface area contributed by atoms with Crippen LogP contribution in [0.15, 0.2) is 29.6 Å². The highest BCUT2D eigenvalue weighted by Gasteiger charge is 2.29. The molecule has 4 nitrogen and oxygen atoms in total. The zero-order valence-corrected chi connectivity index (χ0v) is 12.4. The number of benzene rings is 1. The van der Waals surface area contributed by atoms with Crippen LogP contribution in [-0.2, 0) is 13.6 Å². The van der Waals surface area contributed by atoms with Gasteiger partial charge in [-0.05, 0) is 37.6 Å². The first kappa shape index (κ1) is 15.9. The largest absolute Gasteiger partial charge is 0.371 e. The van der Waals surface area contributed by atoms with E-state index in [9.17, 15) is 4.57 Å². The van der Waals surface area contributed by atoms with Crippen LogP contribution in [0, 0.1) is 11.3 Å². The normalized spacial score (nSPS) is 12.2. The van der Waals surface area contributed by atoms with Crippen molar-refractivity contribution < 1.29 is 13.6 Å². The van der Waals surface area contributed by atoms with Crippen LogP contribution >= 0.6 is 19.2 Å². The fourth-order valence-corrected chi connectivity index (χ4v) is 3.10. The third kappa shape index (κ3) is 4.49. The van der Waals surface area contributed by atoms with Crippen molar-refractivity contribution in [3.8, 4) is 6.07 Å². The minimum Gasteiger partial charge on any atom is -0.305 e. The van der Waals surface area contributed by atoms with E-state index in [-0.39, 0.29) is 18.5 Å². The molecule has 0 spiro atoms. The van der Waals surface area contributed by atoms with Gasteiger partial charge in [-0.25, -0.2) is 0 Å². The Morgan fingerprint density at radius 3 is 2.53 bits per heavy atom. The van der Waals surface area contributed by atoms with Crippen molar-refractivity contribution in [2.75, 3.05) is 13.2 Å². The lowest BCUT2D eigenvalue weighted by molar-refractivity contribution is 0.227. The van der Waals surface area contributed by atoms with E-state index < -0.39 is 7.60 Å². The molecule has 6 heteroatoms. The van der Waals surface area contributed by atoms with E-state index in [1.165, 1.54) is 6.08 Å². The van der Waals surface area contributed by atoms with E-state index in [1.54, 1.807) is 38.1 Å². The molecule has 0 aliphatic carbocycles. The Balaban J connectivity index is 3.18. The SMILES string of the molecule is CCOP(=O)(OCC)/C(C#N)=C/c1cccc(Cl)c1. The minimum absolute atomic E-state index is 0.0292. The van der Waals surface area contributed by atoms with Gasteiger partial charge in [0, 0.05) is 5.02 Å². The molecule has 1 aromatic rings. The zero-order valence-electron chi connectivity index (χ0n) is 10.8. The summed E-state index contributed by atoms with van der Waals surface area (Å²) >= 11 is 5.86. The fraction of sp³-hybridized carbons (Fsp3) is 0.308. The summed E-state index contributed by atoms with van der Waals surface area (Å²) in [6.07, 6.45) is 1.47. The van der Waals surface area contributed by atoms with Crippen LogP contribution < -0.4 is 0 Å². The molecule has 0 atom stereocenters. The van der Waals surface area contributed by atoms with Crippen LogP contribution in [-0.4, -0.2) is 13.2 Å². The maximum atomic E-state index is 12.5. The smallest absolute Gasteiger partial charge is 0.305 e. The highest BCUT2D eigenvalue weighted by Crippen LogP contribution is 2.56. The standard InChI is InChI=1S/C13H15ClNO3P/c1-3-17-19(16,18-4-2)13(10-15)9-11-6-5-7-12(14)8-11/h5-9H,3-4H2,1-2H3/b13-9+. The van der Waals surface area contributed by atoms with Gasteiger partial charge < -0.3 is 9.05 Å². The molecule has 0 fully saturated rings. The van der Waals surface area contributed by atoms with E-state index in [4.69, 9.17) is 25.9 Å².